The number of sulfonamides is 1. The molecule has 0 fully saturated rings. The molecule has 1 aromatic rings. The fourth-order valence-corrected chi connectivity index (χ4v) is 4.67. The first-order valence-corrected chi connectivity index (χ1v) is 8.29. The van der Waals surface area contributed by atoms with Gasteiger partial charge < -0.3 is 4.74 Å². The highest BCUT2D eigenvalue weighted by Crippen LogP contribution is 2.29. The van der Waals surface area contributed by atoms with Crippen LogP contribution < -0.4 is 4.72 Å². The molecule has 0 saturated carbocycles. The molecule has 0 unspecified atom stereocenters. The van der Waals surface area contributed by atoms with Crippen molar-refractivity contribution < 1.29 is 13.2 Å². The van der Waals surface area contributed by atoms with Gasteiger partial charge in [0.05, 0.1) is 21.4 Å². The van der Waals surface area contributed by atoms with Crippen molar-refractivity contribution in [1.29, 1.82) is 0 Å². The highest BCUT2D eigenvalue weighted by atomic mass is 79.9. The van der Waals surface area contributed by atoms with Crippen LogP contribution in [0.25, 0.3) is 0 Å². The van der Waals surface area contributed by atoms with Gasteiger partial charge in [-0.15, -0.1) is 11.3 Å². The van der Waals surface area contributed by atoms with Crippen molar-refractivity contribution in [3.05, 3.63) is 14.7 Å². The van der Waals surface area contributed by atoms with Gasteiger partial charge in [0.15, 0.2) is 0 Å². The maximum atomic E-state index is 11.9. The van der Waals surface area contributed by atoms with E-state index in [2.05, 4.69) is 20.7 Å². The molecular formula is C10H16BrNO3S2. The summed E-state index contributed by atoms with van der Waals surface area (Å²) in [5.41, 5.74) is 0. The van der Waals surface area contributed by atoms with Gasteiger partial charge in [-0.25, -0.2) is 13.1 Å². The third-order valence-corrected chi connectivity index (χ3v) is 5.25. The zero-order valence-electron chi connectivity index (χ0n) is 9.99. The lowest BCUT2D eigenvalue weighted by Crippen LogP contribution is -2.28. The average molecular weight is 342 g/mol. The Morgan fingerprint density at radius 2 is 2.18 bits per heavy atom. The zero-order valence-corrected chi connectivity index (χ0v) is 13.2. The Bertz CT molecular complexity index is 468. The van der Waals surface area contributed by atoms with Crippen LogP contribution in [0.15, 0.2) is 14.7 Å². The van der Waals surface area contributed by atoms with E-state index in [0.29, 0.717) is 11.5 Å². The lowest BCUT2D eigenvalue weighted by atomic mass is 10.5. The first-order chi connectivity index (χ1) is 7.83. The Morgan fingerprint density at radius 3 is 2.65 bits per heavy atom. The Kier molecular flexibility index (Phi) is 5.59. The van der Waals surface area contributed by atoms with Crippen LogP contribution in [0.3, 0.4) is 0 Å². The van der Waals surface area contributed by atoms with Crippen LogP contribution in [0, 0.1) is 6.92 Å². The van der Waals surface area contributed by atoms with Gasteiger partial charge in [-0.3, -0.25) is 0 Å². The second kappa shape index (κ2) is 6.29. The van der Waals surface area contributed by atoms with Crippen molar-refractivity contribution in [3.8, 4) is 0 Å². The minimum atomic E-state index is -3.42. The molecule has 0 aromatic carbocycles. The summed E-state index contributed by atoms with van der Waals surface area (Å²) in [5.74, 6) is 0. The van der Waals surface area contributed by atoms with E-state index in [4.69, 9.17) is 4.74 Å². The number of hydrogen-bond acceptors (Lipinski definition) is 4. The molecule has 0 atom stereocenters. The third kappa shape index (κ3) is 4.67. The van der Waals surface area contributed by atoms with Crippen molar-refractivity contribution in [3.63, 3.8) is 0 Å². The molecule has 0 aliphatic heterocycles. The second-order valence-corrected chi connectivity index (χ2v) is 8.16. The van der Waals surface area contributed by atoms with Gasteiger partial charge in [0.1, 0.15) is 0 Å². The maximum absolute atomic E-state index is 11.9. The first kappa shape index (κ1) is 15.1. The highest BCUT2D eigenvalue weighted by Gasteiger charge is 2.18. The van der Waals surface area contributed by atoms with Crippen LogP contribution >= 0.6 is 27.3 Å². The molecule has 0 radical (unpaired) electrons. The van der Waals surface area contributed by atoms with E-state index >= 15 is 0 Å². The number of thiophene rings is 1. The monoisotopic (exact) mass is 341 g/mol. The number of aryl methyl sites for hydroxylation is 1. The summed E-state index contributed by atoms with van der Waals surface area (Å²) in [6.07, 6.45) is 0.108. The second-order valence-electron chi connectivity index (χ2n) is 3.79. The molecular weight excluding hydrogens is 326 g/mol. The molecule has 0 saturated heterocycles. The van der Waals surface area contributed by atoms with Crippen molar-refractivity contribution in [1.82, 2.24) is 4.72 Å². The van der Waals surface area contributed by atoms with Crippen molar-refractivity contribution in [2.75, 3.05) is 13.2 Å². The minimum absolute atomic E-state index is 0.108. The van der Waals surface area contributed by atoms with E-state index in [9.17, 15) is 8.42 Å². The SMILES string of the molecule is Cc1sc(Br)cc1S(=O)(=O)NCCOC(C)C. The number of ether oxygens (including phenoxy) is 1. The van der Waals surface area contributed by atoms with Gasteiger partial charge in [0.2, 0.25) is 10.0 Å². The third-order valence-electron chi connectivity index (χ3n) is 1.98. The lowest BCUT2D eigenvalue weighted by molar-refractivity contribution is 0.0834. The molecule has 7 heteroatoms. The Labute approximate surface area is 115 Å². The standard InChI is InChI=1S/C10H16BrNO3S2/c1-7(2)15-5-4-12-17(13,14)9-6-10(11)16-8(9)3/h6-7,12H,4-5H2,1-3H3. The Balaban J connectivity index is 2.60. The van der Waals surface area contributed by atoms with Gasteiger partial charge in [0, 0.05) is 11.4 Å². The molecule has 1 rings (SSSR count). The first-order valence-electron chi connectivity index (χ1n) is 5.20. The molecule has 0 amide bonds. The fourth-order valence-electron chi connectivity index (χ4n) is 1.25. The van der Waals surface area contributed by atoms with Gasteiger partial charge in [-0.05, 0) is 42.8 Å². The summed E-state index contributed by atoms with van der Waals surface area (Å²) < 4.78 is 32.5. The summed E-state index contributed by atoms with van der Waals surface area (Å²) >= 11 is 4.68. The summed E-state index contributed by atoms with van der Waals surface area (Å²) in [6, 6.07) is 1.62. The Hall–Kier alpha value is 0.0500. The number of halogens is 1. The van der Waals surface area contributed by atoms with E-state index in [0.717, 1.165) is 8.66 Å². The van der Waals surface area contributed by atoms with Crippen LogP contribution in [-0.2, 0) is 14.8 Å². The topological polar surface area (TPSA) is 55.4 Å². The van der Waals surface area contributed by atoms with Gasteiger partial charge >= 0.3 is 0 Å². The molecule has 0 aliphatic carbocycles. The van der Waals surface area contributed by atoms with E-state index in [1.807, 2.05) is 13.8 Å². The van der Waals surface area contributed by atoms with Crippen molar-refractivity contribution in [2.24, 2.45) is 0 Å². The number of hydrogen-bond donors (Lipinski definition) is 1. The molecule has 17 heavy (non-hydrogen) atoms. The molecule has 0 aliphatic rings. The van der Waals surface area contributed by atoms with Crippen LogP contribution in [0.1, 0.15) is 18.7 Å². The molecule has 4 nitrogen and oxygen atoms in total. The summed E-state index contributed by atoms with van der Waals surface area (Å²) in [4.78, 5) is 1.10. The van der Waals surface area contributed by atoms with E-state index < -0.39 is 10.0 Å². The zero-order chi connectivity index (χ0) is 13.1. The Morgan fingerprint density at radius 1 is 1.53 bits per heavy atom. The van der Waals surface area contributed by atoms with Crippen LogP contribution in [0.4, 0.5) is 0 Å². The molecule has 98 valence electrons. The van der Waals surface area contributed by atoms with E-state index in [1.165, 1.54) is 11.3 Å². The number of nitrogens with one attached hydrogen (secondary N) is 1. The minimum Gasteiger partial charge on any atom is -0.377 e. The lowest BCUT2D eigenvalue weighted by Gasteiger charge is -2.09. The van der Waals surface area contributed by atoms with Gasteiger partial charge in [0.25, 0.3) is 0 Å². The van der Waals surface area contributed by atoms with Crippen LogP contribution in [0.2, 0.25) is 0 Å². The molecule has 0 bridgehead atoms. The van der Waals surface area contributed by atoms with Crippen LogP contribution in [0.5, 0.6) is 0 Å². The van der Waals surface area contributed by atoms with Crippen molar-refractivity contribution in [2.45, 2.75) is 31.8 Å². The molecule has 1 aromatic heterocycles. The predicted octanol–water partition coefficient (Wildman–Crippen LogP) is 2.52. The van der Waals surface area contributed by atoms with Crippen molar-refractivity contribution >= 4 is 37.3 Å². The summed E-state index contributed by atoms with van der Waals surface area (Å²) in [5, 5.41) is 0. The highest BCUT2D eigenvalue weighted by molar-refractivity contribution is 9.11. The summed E-state index contributed by atoms with van der Waals surface area (Å²) in [7, 11) is -3.42. The number of rotatable bonds is 6. The molecule has 1 N–H and O–H groups in total. The van der Waals surface area contributed by atoms with Gasteiger partial charge in [-0.2, -0.15) is 0 Å². The normalized spacial score (nSPS) is 12.3. The fraction of sp³-hybridized carbons (Fsp3) is 0.600. The predicted molar refractivity (Wildman–Crippen MR) is 73.0 cm³/mol. The van der Waals surface area contributed by atoms with E-state index in [-0.39, 0.29) is 12.6 Å². The van der Waals surface area contributed by atoms with E-state index in [1.54, 1.807) is 13.0 Å². The maximum Gasteiger partial charge on any atom is 0.241 e. The quantitative estimate of drug-likeness (QED) is 0.809. The molecule has 1 heterocycles. The summed E-state index contributed by atoms with van der Waals surface area (Å²) in [6.45, 7) is 6.27. The largest absolute Gasteiger partial charge is 0.377 e. The average Bonchev–Trinajstić information content (AvgIpc) is 2.53. The molecule has 0 spiro atoms. The smallest absolute Gasteiger partial charge is 0.241 e. The van der Waals surface area contributed by atoms with Gasteiger partial charge in [-0.1, -0.05) is 0 Å². The van der Waals surface area contributed by atoms with Crippen LogP contribution in [-0.4, -0.2) is 27.7 Å².